The van der Waals surface area contributed by atoms with E-state index in [2.05, 4.69) is 0 Å². The lowest BCUT2D eigenvalue weighted by molar-refractivity contribution is -0.461. The zero-order valence-electron chi connectivity index (χ0n) is 15.0. The highest BCUT2D eigenvalue weighted by atomic mass is 127. The van der Waals surface area contributed by atoms with E-state index < -0.39 is 72.9 Å². The van der Waals surface area contributed by atoms with Crippen LogP contribution in [0.25, 0.3) is 0 Å². The molecule has 0 aromatic heterocycles. The van der Waals surface area contributed by atoms with Gasteiger partial charge in [0.05, 0.1) is 4.43 Å². The van der Waals surface area contributed by atoms with Crippen LogP contribution in [-0.4, -0.2) is 64.5 Å². The second kappa shape index (κ2) is 9.23. The first-order valence-electron chi connectivity index (χ1n) is 7.74. The predicted molar refractivity (Wildman–Crippen MR) is 81.8 cm³/mol. The molecule has 198 valence electrons. The van der Waals surface area contributed by atoms with Crippen LogP contribution in [0.3, 0.4) is 0 Å². The van der Waals surface area contributed by atoms with Gasteiger partial charge in [-0.25, -0.2) is 0 Å². The molecule has 0 atom stereocenters. The molecule has 0 saturated heterocycles. The molecule has 1 N–H and O–H groups in total. The Labute approximate surface area is 185 Å². The molecule has 2 nitrogen and oxygen atoms in total. The number of carbonyl (C=O) groups is 1. The second-order valence-corrected chi connectivity index (χ2v) is 7.00. The van der Waals surface area contributed by atoms with E-state index >= 15 is 0 Å². The van der Waals surface area contributed by atoms with Crippen LogP contribution >= 0.6 is 22.6 Å². The summed E-state index contributed by atoms with van der Waals surface area (Å²) in [6, 6.07) is 0. The minimum absolute atomic E-state index is 0.319. The first-order chi connectivity index (χ1) is 14.2. The van der Waals surface area contributed by atoms with Crippen LogP contribution in [-0.2, 0) is 4.79 Å². The number of carbonyl (C=O) groups excluding carboxylic acids is 1. The lowest BCUT2D eigenvalue weighted by atomic mass is 9.88. The number of halogens is 18. The highest BCUT2D eigenvalue weighted by molar-refractivity contribution is 14.1. The van der Waals surface area contributed by atoms with Crippen molar-refractivity contribution >= 4 is 28.5 Å². The van der Waals surface area contributed by atoms with Gasteiger partial charge in [0, 0.05) is 13.0 Å². The smallest absolute Gasteiger partial charge is 0.355 e. The molecule has 0 saturated carbocycles. The Morgan fingerprint density at radius 1 is 0.576 bits per heavy atom. The van der Waals surface area contributed by atoms with Crippen molar-refractivity contribution in [1.82, 2.24) is 5.32 Å². The van der Waals surface area contributed by atoms with Gasteiger partial charge in [0.1, 0.15) is 0 Å². The molecule has 0 fully saturated rings. The van der Waals surface area contributed by atoms with Crippen molar-refractivity contribution in [3.05, 3.63) is 0 Å². The fourth-order valence-electron chi connectivity index (χ4n) is 1.94. The van der Waals surface area contributed by atoms with Gasteiger partial charge < -0.3 is 5.32 Å². The van der Waals surface area contributed by atoms with E-state index in [1.165, 1.54) is 22.6 Å². The van der Waals surface area contributed by atoms with Crippen LogP contribution in [0.1, 0.15) is 12.8 Å². The van der Waals surface area contributed by atoms with E-state index in [1.807, 2.05) is 0 Å². The van der Waals surface area contributed by atoms with Gasteiger partial charge in [-0.05, 0) is 6.42 Å². The SMILES string of the molecule is O=C(CI)NCCCC(F)(F)C(F)(F)C(F)(F)C(F)(F)C(F)(F)C(F)(F)C(F)(F)C(F)(F)F. The van der Waals surface area contributed by atoms with E-state index in [0.29, 0.717) is 0 Å². The van der Waals surface area contributed by atoms with Gasteiger partial charge in [-0.2, -0.15) is 74.6 Å². The summed E-state index contributed by atoms with van der Waals surface area (Å²) in [6.07, 6.45) is -11.7. The van der Waals surface area contributed by atoms with Gasteiger partial charge >= 0.3 is 47.6 Å². The Morgan fingerprint density at radius 2 is 0.909 bits per heavy atom. The molecule has 0 aliphatic rings. The molecule has 1 amide bonds. The predicted octanol–water partition coefficient (Wildman–Crippen LogP) is 6.33. The molecular weight excluding hydrogens is 636 g/mol. The van der Waals surface area contributed by atoms with Gasteiger partial charge in [0.15, 0.2) is 0 Å². The third-order valence-corrected chi connectivity index (χ3v) is 4.59. The van der Waals surface area contributed by atoms with Crippen molar-refractivity contribution in [2.24, 2.45) is 0 Å². The van der Waals surface area contributed by atoms with Crippen molar-refractivity contribution in [2.75, 3.05) is 11.0 Å². The van der Waals surface area contributed by atoms with E-state index in [-0.39, 0.29) is 4.43 Å². The lowest BCUT2D eigenvalue weighted by Gasteiger charge is -2.42. The summed E-state index contributed by atoms with van der Waals surface area (Å²) in [7, 11) is 0. The second-order valence-electron chi connectivity index (χ2n) is 6.24. The maximum Gasteiger partial charge on any atom is 0.460 e. The van der Waals surface area contributed by atoms with Crippen molar-refractivity contribution in [2.45, 2.75) is 60.5 Å². The van der Waals surface area contributed by atoms with E-state index in [4.69, 9.17) is 0 Å². The van der Waals surface area contributed by atoms with Crippen LogP contribution in [0.4, 0.5) is 74.6 Å². The van der Waals surface area contributed by atoms with E-state index in [9.17, 15) is 79.4 Å². The minimum atomic E-state index is -8.63. The monoisotopic (exact) mass is 645 g/mol. The van der Waals surface area contributed by atoms with Crippen molar-refractivity contribution in [1.29, 1.82) is 0 Å². The summed E-state index contributed by atoms with van der Waals surface area (Å²) < 4.78 is 221. The van der Waals surface area contributed by atoms with Gasteiger partial charge in [-0.3, -0.25) is 4.79 Å². The Balaban J connectivity index is 6.24. The quantitative estimate of drug-likeness (QED) is 0.121. The number of rotatable bonds is 11. The number of nitrogens with one attached hydrogen (secondary N) is 1. The third kappa shape index (κ3) is 5.03. The molecule has 0 unspecified atom stereocenters. The molecule has 0 heterocycles. The average molecular weight is 645 g/mol. The van der Waals surface area contributed by atoms with E-state index in [1.54, 1.807) is 5.32 Å². The normalized spacial score (nSPS) is 15.6. The highest BCUT2D eigenvalue weighted by Gasteiger charge is 2.95. The van der Waals surface area contributed by atoms with Crippen LogP contribution in [0, 0.1) is 0 Å². The average Bonchev–Trinajstić information content (AvgIpc) is 2.62. The maximum absolute atomic E-state index is 13.5. The summed E-state index contributed by atoms with van der Waals surface area (Å²) in [5.41, 5.74) is 0. The molecule has 0 aromatic rings. The van der Waals surface area contributed by atoms with Gasteiger partial charge in [-0.15, -0.1) is 0 Å². The molecule has 0 radical (unpaired) electrons. The van der Waals surface area contributed by atoms with Gasteiger partial charge in [-0.1, -0.05) is 22.6 Å². The number of amides is 1. The Morgan fingerprint density at radius 3 is 1.24 bits per heavy atom. The molecule has 0 aromatic carbocycles. The third-order valence-electron chi connectivity index (χ3n) is 3.90. The van der Waals surface area contributed by atoms with Crippen molar-refractivity contribution in [3.63, 3.8) is 0 Å². The number of alkyl halides is 18. The molecule has 20 heteroatoms. The first-order valence-corrected chi connectivity index (χ1v) is 9.27. The summed E-state index contributed by atoms with van der Waals surface area (Å²) in [5.74, 6) is -57.2. The number of hydrogen-bond donors (Lipinski definition) is 1. The van der Waals surface area contributed by atoms with Gasteiger partial charge in [0.2, 0.25) is 5.91 Å². The van der Waals surface area contributed by atoms with Crippen LogP contribution in [0.2, 0.25) is 0 Å². The topological polar surface area (TPSA) is 29.1 Å². The summed E-state index contributed by atoms with van der Waals surface area (Å²) >= 11 is 1.42. The molecule has 0 aliphatic carbocycles. The minimum Gasteiger partial charge on any atom is -0.355 e. The zero-order chi connectivity index (χ0) is 27.1. The molecule has 0 rings (SSSR count). The van der Waals surface area contributed by atoms with Crippen LogP contribution in [0.15, 0.2) is 0 Å². The van der Waals surface area contributed by atoms with Crippen molar-refractivity contribution < 1.29 is 79.4 Å². The van der Waals surface area contributed by atoms with Crippen molar-refractivity contribution in [3.8, 4) is 0 Å². The molecule has 33 heavy (non-hydrogen) atoms. The Bertz CT molecular complexity index is 702. The molecule has 0 bridgehead atoms. The number of hydrogen-bond acceptors (Lipinski definition) is 1. The summed E-state index contributed by atoms with van der Waals surface area (Å²) in [6.45, 7) is -0.971. The Kier molecular flexibility index (Phi) is 8.95. The largest absolute Gasteiger partial charge is 0.460 e. The fourth-order valence-corrected chi connectivity index (χ4v) is 2.21. The summed E-state index contributed by atoms with van der Waals surface area (Å²) in [4.78, 5) is 10.8. The molecule has 0 spiro atoms. The van der Waals surface area contributed by atoms with Crippen LogP contribution < -0.4 is 5.32 Å². The molecular formula is C13H9F17INO. The van der Waals surface area contributed by atoms with Gasteiger partial charge in [0.25, 0.3) is 0 Å². The fraction of sp³-hybridized carbons (Fsp3) is 0.923. The lowest BCUT2D eigenvalue weighted by Crippen LogP contribution is -2.74. The molecule has 0 aliphatic heterocycles. The van der Waals surface area contributed by atoms with Crippen LogP contribution in [0.5, 0.6) is 0 Å². The Hall–Kier alpha value is -0.990. The zero-order valence-corrected chi connectivity index (χ0v) is 17.2. The summed E-state index contributed by atoms with van der Waals surface area (Å²) in [5, 5.41) is 1.73. The first kappa shape index (κ1) is 32.0. The highest BCUT2D eigenvalue weighted by Crippen LogP contribution is 2.64. The maximum atomic E-state index is 13.5. The standard InChI is InChI=1S/C13H9F17INO/c14-6(15,2-1-3-32-5(33)4-31)7(16,17)8(18,19)9(20,21)10(22,23)11(24,25)12(26,27)13(28,29)30/h1-4H2,(H,32,33). The van der Waals surface area contributed by atoms with E-state index in [0.717, 1.165) is 0 Å².